The van der Waals surface area contributed by atoms with E-state index in [1.807, 2.05) is 0 Å². The van der Waals surface area contributed by atoms with E-state index in [0.717, 1.165) is 55.3 Å². The summed E-state index contributed by atoms with van der Waals surface area (Å²) in [7, 11) is 0. The van der Waals surface area contributed by atoms with Crippen molar-refractivity contribution in [2.75, 3.05) is 19.8 Å². The molecule has 9 atom stereocenters. The third kappa shape index (κ3) is 2.87. The monoisotopic (exact) mass is 374 g/mol. The largest absolute Gasteiger partial charge is 0.381 e. The molecule has 4 saturated carbocycles. The Morgan fingerprint density at radius 2 is 1.59 bits per heavy atom. The first-order chi connectivity index (χ1) is 12.9. The van der Waals surface area contributed by atoms with Crippen molar-refractivity contribution in [3.63, 3.8) is 0 Å². The van der Waals surface area contributed by atoms with Crippen LogP contribution < -0.4 is 0 Å². The lowest BCUT2D eigenvalue weighted by atomic mass is 9.45. The fraction of sp³-hybridized carbons (Fsp3) is 1.00. The van der Waals surface area contributed by atoms with Gasteiger partial charge in [0.05, 0.1) is 12.2 Å². The van der Waals surface area contributed by atoms with Crippen LogP contribution in [0.1, 0.15) is 85.5 Å². The third-order valence-corrected chi connectivity index (χ3v) is 10.5. The minimum atomic E-state index is 0.233. The summed E-state index contributed by atoms with van der Waals surface area (Å²) in [5.74, 6) is 5.64. The predicted molar refractivity (Wildman–Crippen MR) is 110 cm³/mol. The maximum Gasteiger partial charge on any atom is 0.0921 e. The summed E-state index contributed by atoms with van der Waals surface area (Å²) < 4.78 is 11.8. The molecule has 0 radical (unpaired) electrons. The normalized spacial score (nSPS) is 56.9. The molecule has 1 saturated heterocycles. The molecule has 0 amide bonds. The van der Waals surface area contributed by atoms with Crippen LogP contribution in [0, 0.1) is 46.3 Å². The zero-order valence-electron chi connectivity index (χ0n) is 18.3. The molecule has 154 valence electrons. The van der Waals surface area contributed by atoms with Crippen LogP contribution in [0.25, 0.3) is 0 Å². The van der Waals surface area contributed by atoms with Gasteiger partial charge in [-0.15, -0.1) is 0 Å². The summed E-state index contributed by atoms with van der Waals surface area (Å²) >= 11 is 0. The third-order valence-electron chi connectivity index (χ3n) is 10.5. The topological polar surface area (TPSA) is 21.8 Å². The van der Waals surface area contributed by atoms with Gasteiger partial charge in [-0.3, -0.25) is 0 Å². The van der Waals surface area contributed by atoms with Gasteiger partial charge in [-0.25, -0.2) is 0 Å². The summed E-state index contributed by atoms with van der Waals surface area (Å²) in [6.45, 7) is 12.8. The van der Waals surface area contributed by atoms with E-state index >= 15 is 0 Å². The maximum atomic E-state index is 5.96. The van der Waals surface area contributed by atoms with Crippen molar-refractivity contribution < 1.29 is 9.47 Å². The van der Waals surface area contributed by atoms with Gasteiger partial charge in [0, 0.05) is 13.2 Å². The van der Waals surface area contributed by atoms with Gasteiger partial charge in [0.25, 0.3) is 0 Å². The minimum Gasteiger partial charge on any atom is -0.381 e. The van der Waals surface area contributed by atoms with Crippen LogP contribution in [0.4, 0.5) is 0 Å². The second kappa shape index (κ2) is 6.46. The zero-order valence-corrected chi connectivity index (χ0v) is 18.3. The zero-order chi connectivity index (χ0) is 18.9. The van der Waals surface area contributed by atoms with Crippen LogP contribution in [-0.2, 0) is 9.47 Å². The smallest absolute Gasteiger partial charge is 0.0921 e. The van der Waals surface area contributed by atoms with Crippen molar-refractivity contribution >= 4 is 0 Å². The van der Waals surface area contributed by atoms with Gasteiger partial charge in [0.15, 0.2) is 0 Å². The first kappa shape index (κ1) is 18.9. The molecule has 5 rings (SSSR count). The molecule has 4 aliphatic carbocycles. The van der Waals surface area contributed by atoms with E-state index in [1.54, 1.807) is 0 Å². The standard InChI is InChI=1S/C25H42O2/c1-5-26-15-17-6-7-20-18-11-13-24(3)21(8-9-22(24)25(4)16-27-25)19(18)10-12-23(20,2)14-17/h17-22H,5-16H2,1-4H3. The van der Waals surface area contributed by atoms with Crippen LogP contribution in [0.2, 0.25) is 0 Å². The Labute approximate surface area is 167 Å². The van der Waals surface area contributed by atoms with Crippen molar-refractivity contribution in [1.29, 1.82) is 0 Å². The molecule has 2 heteroatoms. The Morgan fingerprint density at radius 3 is 2.33 bits per heavy atom. The van der Waals surface area contributed by atoms with E-state index in [0.29, 0.717) is 10.8 Å². The molecule has 0 bridgehead atoms. The Hall–Kier alpha value is -0.0800. The molecule has 0 aromatic carbocycles. The van der Waals surface area contributed by atoms with Gasteiger partial charge in [-0.2, -0.15) is 0 Å². The number of fused-ring (bicyclic) bond motifs is 5. The van der Waals surface area contributed by atoms with Crippen molar-refractivity contribution in [3.05, 3.63) is 0 Å². The maximum absolute atomic E-state index is 5.96. The summed E-state index contributed by atoms with van der Waals surface area (Å²) in [6.07, 6.45) is 13.2. The summed E-state index contributed by atoms with van der Waals surface area (Å²) in [4.78, 5) is 0. The molecule has 2 nitrogen and oxygen atoms in total. The Kier molecular flexibility index (Phi) is 4.53. The van der Waals surface area contributed by atoms with Crippen LogP contribution in [0.5, 0.6) is 0 Å². The molecule has 1 aliphatic heterocycles. The number of rotatable bonds is 4. The summed E-state index contributed by atoms with van der Waals surface area (Å²) in [5.41, 5.74) is 1.39. The molecule has 0 spiro atoms. The average molecular weight is 375 g/mol. The molecule has 0 aromatic heterocycles. The van der Waals surface area contributed by atoms with E-state index in [1.165, 1.54) is 57.8 Å². The number of hydrogen-bond acceptors (Lipinski definition) is 2. The van der Waals surface area contributed by atoms with Gasteiger partial charge >= 0.3 is 0 Å². The van der Waals surface area contributed by atoms with Crippen molar-refractivity contribution in [2.24, 2.45) is 46.3 Å². The van der Waals surface area contributed by atoms with Gasteiger partial charge in [-0.1, -0.05) is 13.8 Å². The predicted octanol–water partition coefficient (Wildman–Crippen LogP) is 6.09. The quantitative estimate of drug-likeness (QED) is 0.556. The van der Waals surface area contributed by atoms with E-state index < -0.39 is 0 Å². The van der Waals surface area contributed by atoms with Gasteiger partial charge < -0.3 is 9.47 Å². The molecule has 1 heterocycles. The number of ether oxygens (including phenoxy) is 2. The van der Waals surface area contributed by atoms with Crippen molar-refractivity contribution in [2.45, 2.75) is 91.1 Å². The van der Waals surface area contributed by atoms with Crippen LogP contribution in [-0.4, -0.2) is 25.4 Å². The number of epoxide rings is 1. The van der Waals surface area contributed by atoms with Crippen LogP contribution in [0.3, 0.4) is 0 Å². The molecule has 5 aliphatic rings. The fourth-order valence-corrected chi connectivity index (χ4v) is 9.17. The highest BCUT2D eigenvalue weighted by atomic mass is 16.6. The van der Waals surface area contributed by atoms with Crippen LogP contribution in [0.15, 0.2) is 0 Å². The second-order valence-electron chi connectivity index (χ2n) is 11.8. The first-order valence-electron chi connectivity index (χ1n) is 12.1. The Bertz CT molecular complexity index is 569. The van der Waals surface area contributed by atoms with E-state index in [9.17, 15) is 0 Å². The summed E-state index contributed by atoms with van der Waals surface area (Å²) in [6, 6.07) is 0. The van der Waals surface area contributed by atoms with Crippen molar-refractivity contribution in [1.82, 2.24) is 0 Å². The lowest BCUT2D eigenvalue weighted by Gasteiger charge is -2.60. The van der Waals surface area contributed by atoms with E-state index in [2.05, 4.69) is 27.7 Å². The fourth-order valence-electron chi connectivity index (χ4n) is 9.17. The highest BCUT2D eigenvalue weighted by Gasteiger charge is 2.64. The molecular formula is C25H42O2. The minimum absolute atomic E-state index is 0.233. The van der Waals surface area contributed by atoms with E-state index in [4.69, 9.17) is 9.47 Å². The van der Waals surface area contributed by atoms with Crippen LogP contribution >= 0.6 is 0 Å². The Morgan fingerprint density at radius 1 is 0.889 bits per heavy atom. The van der Waals surface area contributed by atoms with Crippen molar-refractivity contribution in [3.8, 4) is 0 Å². The van der Waals surface area contributed by atoms with Gasteiger partial charge in [0.2, 0.25) is 0 Å². The van der Waals surface area contributed by atoms with E-state index in [-0.39, 0.29) is 5.60 Å². The average Bonchev–Trinajstić information content (AvgIpc) is 3.27. The SMILES string of the molecule is CCOCC1CCC2C3CCC4(C)C(CCC4C4(C)CO4)C3CCC2(C)C1. The molecule has 9 unspecified atom stereocenters. The summed E-state index contributed by atoms with van der Waals surface area (Å²) in [5, 5.41) is 0. The van der Waals surface area contributed by atoms with Gasteiger partial charge in [-0.05, 0) is 118 Å². The van der Waals surface area contributed by atoms with Gasteiger partial charge in [0.1, 0.15) is 0 Å². The highest BCUT2D eigenvalue weighted by Crippen LogP contribution is 2.69. The lowest BCUT2D eigenvalue weighted by Crippen LogP contribution is -2.53. The molecule has 0 N–H and O–H groups in total. The molecule has 0 aromatic rings. The lowest BCUT2D eigenvalue weighted by molar-refractivity contribution is -0.113. The molecular weight excluding hydrogens is 332 g/mol. The first-order valence-corrected chi connectivity index (χ1v) is 12.1. The number of hydrogen-bond donors (Lipinski definition) is 0. The second-order valence-corrected chi connectivity index (χ2v) is 11.8. The Balaban J connectivity index is 1.32. The highest BCUT2D eigenvalue weighted by molar-refractivity contribution is 5.13. The molecule has 27 heavy (non-hydrogen) atoms. The molecule has 5 fully saturated rings.